The third kappa shape index (κ3) is 11.6. The molecule has 0 aliphatic rings. The molecule has 0 saturated heterocycles. The zero-order valence-corrected chi connectivity index (χ0v) is 20.1. The zero-order valence-electron chi connectivity index (χ0n) is 19.2. The van der Waals surface area contributed by atoms with Crippen molar-refractivity contribution in [2.75, 3.05) is 6.61 Å². The van der Waals surface area contributed by atoms with Crippen molar-refractivity contribution in [2.45, 2.75) is 58.5 Å². The first kappa shape index (κ1) is 26.5. The number of hydrogen-bond donors (Lipinski definition) is 1. The Labute approximate surface area is 195 Å². The Kier molecular flexibility index (Phi) is 11.0. The molecule has 0 aromatic heterocycles. The predicted molar refractivity (Wildman–Crippen MR) is 123 cm³/mol. The van der Waals surface area contributed by atoms with E-state index in [4.69, 9.17) is 18.5 Å². The van der Waals surface area contributed by atoms with E-state index >= 15 is 0 Å². The van der Waals surface area contributed by atoms with Gasteiger partial charge in [-0.1, -0.05) is 60.7 Å². The van der Waals surface area contributed by atoms with Gasteiger partial charge in [0.05, 0.1) is 0 Å². The molecule has 0 spiro atoms. The van der Waals surface area contributed by atoms with Crippen molar-refractivity contribution in [1.29, 1.82) is 0 Å². The van der Waals surface area contributed by atoms with Crippen molar-refractivity contribution in [3.05, 3.63) is 71.8 Å². The number of benzene rings is 2. The maximum atomic E-state index is 12.6. The van der Waals surface area contributed by atoms with E-state index in [9.17, 15) is 14.2 Å². The van der Waals surface area contributed by atoms with Crippen LogP contribution in [0.2, 0.25) is 0 Å². The molecule has 2 rings (SSSR count). The SMILES string of the molecule is CC(C)(C)OC(=O)NC(CCCO[P+](=O)OCc1ccccc1)C(=O)OCc1ccccc1. The van der Waals surface area contributed by atoms with Crippen LogP contribution in [0.25, 0.3) is 0 Å². The van der Waals surface area contributed by atoms with Crippen molar-refractivity contribution >= 4 is 20.3 Å². The lowest BCUT2D eigenvalue weighted by molar-refractivity contribution is -0.147. The second kappa shape index (κ2) is 13.7. The van der Waals surface area contributed by atoms with Gasteiger partial charge in [0.15, 0.2) is 0 Å². The monoisotopic (exact) mass is 476 g/mol. The summed E-state index contributed by atoms with van der Waals surface area (Å²) in [4.78, 5) is 24.8. The average Bonchev–Trinajstić information content (AvgIpc) is 2.78. The number of amides is 1. The lowest BCUT2D eigenvalue weighted by Gasteiger charge is -2.22. The van der Waals surface area contributed by atoms with Crippen molar-refractivity contribution < 1.29 is 32.7 Å². The lowest BCUT2D eigenvalue weighted by atomic mass is 10.1. The number of nitrogens with one attached hydrogen (secondary N) is 1. The number of rotatable bonds is 12. The molecule has 0 aliphatic heterocycles. The van der Waals surface area contributed by atoms with Gasteiger partial charge in [0, 0.05) is 4.57 Å². The number of hydrogen-bond acceptors (Lipinski definition) is 7. The van der Waals surface area contributed by atoms with Gasteiger partial charge in [-0.15, -0.1) is 9.05 Å². The third-order valence-corrected chi connectivity index (χ3v) is 4.95. The molecule has 0 radical (unpaired) electrons. The molecular formula is C24H31NO7P+. The normalized spacial score (nSPS) is 12.5. The number of carbonyl (C=O) groups is 2. The first-order valence-corrected chi connectivity index (χ1v) is 11.8. The molecule has 2 aromatic rings. The van der Waals surface area contributed by atoms with Crippen LogP contribution in [0.15, 0.2) is 60.7 Å². The molecule has 0 heterocycles. The molecule has 2 aromatic carbocycles. The molecule has 2 atom stereocenters. The Morgan fingerprint density at radius 1 is 0.909 bits per heavy atom. The van der Waals surface area contributed by atoms with Crippen LogP contribution in [0.5, 0.6) is 0 Å². The van der Waals surface area contributed by atoms with Gasteiger partial charge in [0.25, 0.3) is 0 Å². The summed E-state index contributed by atoms with van der Waals surface area (Å²) in [5.74, 6) is -0.588. The summed E-state index contributed by atoms with van der Waals surface area (Å²) in [6.07, 6.45) is -0.159. The summed E-state index contributed by atoms with van der Waals surface area (Å²) in [6, 6.07) is 17.6. The van der Waals surface area contributed by atoms with Crippen LogP contribution in [0.1, 0.15) is 44.7 Å². The van der Waals surface area contributed by atoms with Crippen LogP contribution >= 0.6 is 8.25 Å². The molecule has 2 unspecified atom stereocenters. The minimum absolute atomic E-state index is 0.0852. The highest BCUT2D eigenvalue weighted by Gasteiger charge is 2.26. The molecule has 0 saturated carbocycles. The summed E-state index contributed by atoms with van der Waals surface area (Å²) < 4.78 is 32.9. The Morgan fingerprint density at radius 2 is 1.48 bits per heavy atom. The van der Waals surface area contributed by atoms with Crippen LogP contribution in [0.3, 0.4) is 0 Å². The van der Waals surface area contributed by atoms with Gasteiger partial charge >= 0.3 is 20.3 Å². The molecule has 0 fully saturated rings. The number of esters is 1. The summed E-state index contributed by atoms with van der Waals surface area (Å²) in [7, 11) is -2.30. The largest absolute Gasteiger partial charge is 0.697 e. The second-order valence-electron chi connectivity index (χ2n) is 8.25. The molecule has 33 heavy (non-hydrogen) atoms. The molecule has 178 valence electrons. The van der Waals surface area contributed by atoms with Crippen molar-refractivity contribution in [3.63, 3.8) is 0 Å². The highest BCUT2D eigenvalue weighted by Crippen LogP contribution is 2.26. The first-order valence-electron chi connectivity index (χ1n) is 10.7. The van der Waals surface area contributed by atoms with Crippen molar-refractivity contribution in [2.24, 2.45) is 0 Å². The van der Waals surface area contributed by atoms with E-state index in [-0.39, 0.29) is 26.2 Å². The van der Waals surface area contributed by atoms with Crippen molar-refractivity contribution in [1.82, 2.24) is 5.32 Å². The molecule has 9 heteroatoms. The Balaban J connectivity index is 1.81. The van der Waals surface area contributed by atoms with E-state index in [0.717, 1.165) is 11.1 Å². The van der Waals surface area contributed by atoms with E-state index < -0.39 is 32.0 Å². The van der Waals surface area contributed by atoms with Crippen LogP contribution in [-0.2, 0) is 41.1 Å². The number of alkyl carbamates (subject to hydrolysis) is 1. The van der Waals surface area contributed by atoms with Gasteiger partial charge in [-0.2, -0.15) is 0 Å². The quantitative estimate of drug-likeness (QED) is 0.252. The van der Waals surface area contributed by atoms with E-state index in [1.807, 2.05) is 60.7 Å². The lowest BCUT2D eigenvalue weighted by Crippen LogP contribution is -2.44. The van der Waals surface area contributed by atoms with Crippen LogP contribution in [-0.4, -0.2) is 30.3 Å². The average molecular weight is 476 g/mol. The highest BCUT2D eigenvalue weighted by atomic mass is 31.1. The summed E-state index contributed by atoms with van der Waals surface area (Å²) >= 11 is 0. The van der Waals surface area contributed by atoms with E-state index in [2.05, 4.69) is 5.32 Å². The Morgan fingerprint density at radius 3 is 2.06 bits per heavy atom. The standard InChI is InChI=1S/C24H30NO7P/c1-24(2,3)32-23(27)25-21(22(26)29-17-19-11-6-4-7-12-19)15-10-16-30-33(28)31-18-20-13-8-5-9-14-20/h4-9,11-14,21H,10,15-18H2,1-3H3/p+1. The fraction of sp³-hybridized carbons (Fsp3) is 0.417. The summed E-state index contributed by atoms with van der Waals surface area (Å²) in [5.41, 5.74) is 1.00. The van der Waals surface area contributed by atoms with Crippen molar-refractivity contribution in [3.8, 4) is 0 Å². The number of carbonyl (C=O) groups excluding carboxylic acids is 2. The highest BCUT2D eigenvalue weighted by molar-refractivity contribution is 7.33. The van der Waals surface area contributed by atoms with E-state index in [1.165, 1.54) is 0 Å². The summed E-state index contributed by atoms with van der Waals surface area (Å²) in [6.45, 7) is 5.54. The molecule has 8 nitrogen and oxygen atoms in total. The van der Waals surface area contributed by atoms with Gasteiger partial charge < -0.3 is 14.8 Å². The Bertz CT molecular complexity index is 885. The van der Waals surface area contributed by atoms with E-state index in [1.54, 1.807) is 20.8 Å². The fourth-order valence-electron chi connectivity index (χ4n) is 2.69. The Hall–Kier alpha value is -2.80. The maximum absolute atomic E-state index is 12.6. The smallest absolute Gasteiger partial charge is 0.459 e. The molecule has 0 bridgehead atoms. The van der Waals surface area contributed by atoms with Gasteiger partial charge in [0.2, 0.25) is 0 Å². The van der Waals surface area contributed by atoms with Gasteiger partial charge in [-0.25, -0.2) is 9.59 Å². The van der Waals surface area contributed by atoms with Crippen LogP contribution < -0.4 is 5.32 Å². The van der Waals surface area contributed by atoms with Gasteiger partial charge in [-0.3, -0.25) is 0 Å². The number of ether oxygens (including phenoxy) is 2. The molecular weight excluding hydrogens is 445 g/mol. The van der Waals surface area contributed by atoms with Gasteiger partial charge in [0.1, 0.15) is 31.5 Å². The second-order valence-corrected chi connectivity index (χ2v) is 9.21. The van der Waals surface area contributed by atoms with E-state index in [0.29, 0.717) is 6.42 Å². The third-order valence-electron chi connectivity index (χ3n) is 4.21. The fourth-order valence-corrected chi connectivity index (χ4v) is 3.30. The minimum atomic E-state index is -2.30. The predicted octanol–water partition coefficient (Wildman–Crippen LogP) is 5.29. The van der Waals surface area contributed by atoms with Crippen LogP contribution in [0, 0.1) is 0 Å². The van der Waals surface area contributed by atoms with Gasteiger partial charge in [-0.05, 0) is 44.7 Å². The summed E-state index contributed by atoms with van der Waals surface area (Å²) in [5, 5.41) is 2.55. The topological polar surface area (TPSA) is 100 Å². The molecule has 1 N–H and O–H groups in total. The minimum Gasteiger partial charge on any atom is -0.459 e. The van der Waals surface area contributed by atoms with Crippen LogP contribution in [0.4, 0.5) is 4.79 Å². The zero-order chi connectivity index (χ0) is 24.1. The maximum Gasteiger partial charge on any atom is 0.697 e. The molecule has 1 amide bonds. The first-order chi connectivity index (χ1) is 15.7. The molecule has 0 aliphatic carbocycles.